The van der Waals surface area contributed by atoms with Gasteiger partial charge in [0.05, 0.1) is 19.8 Å². The van der Waals surface area contributed by atoms with Crippen LogP contribution in [0.25, 0.3) is 0 Å². The minimum Gasteiger partial charge on any atom is -0.471 e. The Kier molecular flexibility index (Phi) is 15.8. The third-order valence-corrected chi connectivity index (χ3v) is 5.40. The van der Waals surface area contributed by atoms with E-state index in [-0.39, 0.29) is 11.5 Å². The first-order valence-electron chi connectivity index (χ1n) is 11.8. The van der Waals surface area contributed by atoms with E-state index in [1.165, 1.54) is 12.7 Å². The molecule has 1 unspecified atom stereocenters. The van der Waals surface area contributed by atoms with Gasteiger partial charge in [-0.15, -0.1) is 0 Å². The Morgan fingerprint density at radius 2 is 1.57 bits per heavy atom. The van der Waals surface area contributed by atoms with Gasteiger partial charge in [-0.1, -0.05) is 44.2 Å². The maximum absolute atomic E-state index is 12.0. The number of hydrogen-bond acceptors (Lipinski definition) is 8. The van der Waals surface area contributed by atoms with Crippen molar-refractivity contribution in [3.63, 3.8) is 0 Å². The largest absolute Gasteiger partial charge is 0.471 e. The highest BCUT2D eigenvalue weighted by molar-refractivity contribution is 5.68. The van der Waals surface area contributed by atoms with Gasteiger partial charge in [0.15, 0.2) is 0 Å². The van der Waals surface area contributed by atoms with E-state index in [2.05, 4.69) is 9.64 Å². The van der Waals surface area contributed by atoms with Crippen LogP contribution < -0.4 is 5.73 Å². The van der Waals surface area contributed by atoms with E-state index in [4.69, 9.17) is 20.0 Å². The molecule has 0 saturated carbocycles. The molecule has 0 aliphatic carbocycles. The van der Waals surface area contributed by atoms with Gasteiger partial charge in [-0.3, -0.25) is 9.69 Å². The number of hydrogen-bond donors (Lipinski definition) is 1. The monoisotopic (exact) mass is 495 g/mol. The highest BCUT2D eigenvalue weighted by Crippen LogP contribution is 2.23. The van der Waals surface area contributed by atoms with Gasteiger partial charge >= 0.3 is 6.09 Å². The quantitative estimate of drug-likeness (QED) is 0.548. The molecular formula is C26H45N3O6. The summed E-state index contributed by atoms with van der Waals surface area (Å²) in [6.07, 6.45) is 1.44. The summed E-state index contributed by atoms with van der Waals surface area (Å²) in [6, 6.07) is 9.67. The highest BCUT2D eigenvalue weighted by Gasteiger charge is 2.29. The van der Waals surface area contributed by atoms with Gasteiger partial charge in [-0.05, 0) is 44.7 Å². The number of piperazine rings is 1. The van der Waals surface area contributed by atoms with Crippen molar-refractivity contribution in [1.82, 2.24) is 9.80 Å². The van der Waals surface area contributed by atoms with Crippen molar-refractivity contribution >= 4 is 18.9 Å². The zero-order chi connectivity index (χ0) is 26.9. The van der Waals surface area contributed by atoms with Crippen LogP contribution in [-0.4, -0.2) is 87.2 Å². The second-order valence-electron chi connectivity index (χ2n) is 9.96. The first-order chi connectivity index (χ1) is 16.4. The summed E-state index contributed by atoms with van der Waals surface area (Å²) >= 11 is 0. The lowest BCUT2D eigenvalue weighted by molar-refractivity contribution is -0.126. The Bertz CT molecular complexity index is 714. The minimum atomic E-state index is -0.455. The molecule has 1 aromatic carbocycles. The molecular weight excluding hydrogens is 450 g/mol. The van der Waals surface area contributed by atoms with Crippen LogP contribution in [-0.2, 0) is 30.4 Å². The van der Waals surface area contributed by atoms with Crippen molar-refractivity contribution in [2.45, 2.75) is 59.3 Å². The SMILES string of the molecule is CC(C)(C)OC(=O)N1CCN(CCC(C)(C)C(N)C=O)CC1.COC=O.COCc1ccccc1. The predicted octanol–water partition coefficient (Wildman–Crippen LogP) is 3.10. The average Bonchev–Trinajstić information content (AvgIpc) is 2.83. The van der Waals surface area contributed by atoms with E-state index in [9.17, 15) is 9.59 Å². The van der Waals surface area contributed by atoms with Crippen molar-refractivity contribution in [2.75, 3.05) is 46.9 Å². The van der Waals surface area contributed by atoms with Crippen molar-refractivity contribution in [2.24, 2.45) is 11.1 Å². The molecule has 1 fully saturated rings. The number of methoxy groups -OCH3 is 2. The Labute approximate surface area is 210 Å². The number of nitrogens with zero attached hydrogens (tertiary/aromatic N) is 2. The highest BCUT2D eigenvalue weighted by atomic mass is 16.6. The number of nitrogens with two attached hydrogens (primary N) is 1. The summed E-state index contributed by atoms with van der Waals surface area (Å²) in [5.41, 5.74) is 6.39. The molecule has 1 saturated heterocycles. The van der Waals surface area contributed by atoms with Crippen LogP contribution in [0, 0.1) is 5.41 Å². The molecule has 1 aromatic rings. The number of amides is 1. The average molecular weight is 496 g/mol. The van der Waals surface area contributed by atoms with E-state index in [1.54, 1.807) is 12.0 Å². The number of benzene rings is 1. The fourth-order valence-electron chi connectivity index (χ4n) is 3.02. The second kappa shape index (κ2) is 17.0. The second-order valence-corrected chi connectivity index (χ2v) is 9.96. The number of carbonyl (C=O) groups is 3. The van der Waals surface area contributed by atoms with E-state index in [1.807, 2.05) is 65.0 Å². The van der Waals surface area contributed by atoms with Gasteiger partial charge in [0, 0.05) is 33.3 Å². The fourth-order valence-corrected chi connectivity index (χ4v) is 3.02. The van der Waals surface area contributed by atoms with Crippen LogP contribution in [0.1, 0.15) is 46.6 Å². The maximum Gasteiger partial charge on any atom is 0.410 e. The lowest BCUT2D eigenvalue weighted by Crippen LogP contribution is -2.51. The number of carbonyl (C=O) groups excluding carboxylic acids is 3. The molecule has 1 atom stereocenters. The molecule has 0 radical (unpaired) electrons. The molecule has 0 spiro atoms. The Balaban J connectivity index is 0.000000726. The van der Waals surface area contributed by atoms with Gasteiger partial charge < -0.3 is 29.6 Å². The van der Waals surface area contributed by atoms with Crippen LogP contribution in [0.2, 0.25) is 0 Å². The molecule has 35 heavy (non-hydrogen) atoms. The molecule has 9 nitrogen and oxygen atoms in total. The minimum absolute atomic E-state index is 0.204. The normalized spacial score (nSPS) is 14.9. The van der Waals surface area contributed by atoms with Gasteiger partial charge in [-0.25, -0.2) is 4.79 Å². The zero-order valence-corrected chi connectivity index (χ0v) is 22.5. The van der Waals surface area contributed by atoms with E-state index >= 15 is 0 Å². The van der Waals surface area contributed by atoms with Gasteiger partial charge in [0.2, 0.25) is 0 Å². The summed E-state index contributed by atoms with van der Waals surface area (Å²) in [5, 5.41) is 0. The molecule has 2 rings (SSSR count). The van der Waals surface area contributed by atoms with Crippen LogP contribution in [0.3, 0.4) is 0 Å². The van der Waals surface area contributed by atoms with Gasteiger partial charge in [0.25, 0.3) is 6.47 Å². The summed E-state index contributed by atoms with van der Waals surface area (Å²) in [6.45, 7) is 14.6. The predicted molar refractivity (Wildman–Crippen MR) is 137 cm³/mol. The lowest BCUT2D eigenvalue weighted by Gasteiger charge is -2.37. The molecule has 0 bridgehead atoms. The topological polar surface area (TPSA) is 111 Å². The van der Waals surface area contributed by atoms with Crippen molar-refractivity contribution in [1.29, 1.82) is 0 Å². The van der Waals surface area contributed by atoms with Crippen LogP contribution in [0.15, 0.2) is 30.3 Å². The van der Waals surface area contributed by atoms with E-state index in [0.29, 0.717) is 26.2 Å². The number of ether oxygens (including phenoxy) is 3. The summed E-state index contributed by atoms with van der Waals surface area (Å²) in [4.78, 5) is 35.8. The Hall–Kier alpha value is -2.49. The van der Waals surface area contributed by atoms with E-state index < -0.39 is 11.6 Å². The van der Waals surface area contributed by atoms with Crippen molar-refractivity contribution in [3.05, 3.63) is 35.9 Å². The molecule has 2 N–H and O–H groups in total. The maximum atomic E-state index is 12.0. The Morgan fingerprint density at radius 3 is 2.00 bits per heavy atom. The molecule has 9 heteroatoms. The van der Waals surface area contributed by atoms with Crippen LogP contribution in [0.4, 0.5) is 4.79 Å². The first kappa shape index (κ1) is 32.5. The summed E-state index contributed by atoms with van der Waals surface area (Å²) < 4.78 is 14.2. The lowest BCUT2D eigenvalue weighted by atomic mass is 9.82. The molecule has 200 valence electrons. The summed E-state index contributed by atoms with van der Waals surface area (Å²) in [5.74, 6) is 0. The molecule has 1 aliphatic rings. The Morgan fingerprint density at radius 1 is 1.03 bits per heavy atom. The van der Waals surface area contributed by atoms with Gasteiger partial charge in [-0.2, -0.15) is 0 Å². The third kappa shape index (κ3) is 15.2. The van der Waals surface area contributed by atoms with Crippen LogP contribution in [0.5, 0.6) is 0 Å². The molecule has 0 aromatic heterocycles. The molecule has 1 amide bonds. The number of rotatable bonds is 8. The van der Waals surface area contributed by atoms with Gasteiger partial charge in [0.1, 0.15) is 11.9 Å². The van der Waals surface area contributed by atoms with E-state index in [0.717, 1.165) is 32.3 Å². The number of aldehydes is 1. The van der Waals surface area contributed by atoms with Crippen LogP contribution >= 0.6 is 0 Å². The molecule has 1 heterocycles. The standard InChI is InChI=1S/C16H31N3O3.C8H10O.C2H4O2/c1-15(2,3)22-14(21)19-10-8-18(9-11-19)7-6-16(4,5)13(17)12-20;1-9-7-8-5-3-2-4-6-8;1-4-2-3/h12-13H,6-11,17H2,1-5H3;2-6H,7H2,1H3;2H,1H3. The zero-order valence-electron chi connectivity index (χ0n) is 22.5. The summed E-state index contributed by atoms with van der Waals surface area (Å²) in [7, 11) is 3.01. The van der Waals surface area contributed by atoms with Crippen molar-refractivity contribution < 1.29 is 28.6 Å². The molecule has 1 aliphatic heterocycles. The van der Waals surface area contributed by atoms with Crippen molar-refractivity contribution in [3.8, 4) is 0 Å². The third-order valence-electron chi connectivity index (χ3n) is 5.40. The first-order valence-corrected chi connectivity index (χ1v) is 11.8. The smallest absolute Gasteiger partial charge is 0.410 e. The fraction of sp³-hybridized carbons (Fsp3) is 0.654.